The number of benzene rings is 2. The molecule has 35 heavy (non-hydrogen) atoms. The van der Waals surface area contributed by atoms with Crippen LogP contribution >= 0.6 is 0 Å². The van der Waals surface area contributed by atoms with Crippen LogP contribution in [0.3, 0.4) is 0 Å². The molecule has 0 radical (unpaired) electrons. The van der Waals surface area contributed by atoms with Gasteiger partial charge in [-0.05, 0) is 38.5 Å². The van der Waals surface area contributed by atoms with E-state index in [1.165, 1.54) is 0 Å². The number of H-pyrrole nitrogens is 1. The summed E-state index contributed by atoms with van der Waals surface area (Å²) in [5, 5.41) is 28.2. The first kappa shape index (κ1) is 22.4. The van der Waals surface area contributed by atoms with Crippen molar-refractivity contribution in [2.45, 2.75) is 32.9 Å². The third-order valence-electron chi connectivity index (χ3n) is 6.01. The van der Waals surface area contributed by atoms with Gasteiger partial charge in [0.15, 0.2) is 5.65 Å². The van der Waals surface area contributed by atoms with E-state index in [2.05, 4.69) is 31.3 Å². The molecule has 2 N–H and O–H groups in total. The number of hydrogen-bond acceptors (Lipinski definition) is 6. The predicted molar refractivity (Wildman–Crippen MR) is 129 cm³/mol. The summed E-state index contributed by atoms with van der Waals surface area (Å²) in [5.74, 6) is -0.466. The lowest BCUT2D eigenvalue weighted by molar-refractivity contribution is 0.0743. The van der Waals surface area contributed by atoms with Crippen molar-refractivity contribution in [1.82, 2.24) is 29.9 Å². The SMILES string of the molecule is Cc1c(C#N)cccc1-c1cc(-c2cn(Cc3cccc(C(C)(C)O)c3F)nn2)c2[nH]cnc2n1. The number of nitrogens with one attached hydrogen (secondary N) is 1. The highest BCUT2D eigenvalue weighted by Gasteiger charge is 2.23. The molecule has 8 nitrogen and oxygen atoms in total. The first-order valence-corrected chi connectivity index (χ1v) is 11.0. The van der Waals surface area contributed by atoms with Crippen LogP contribution in [-0.4, -0.2) is 35.1 Å². The molecule has 5 aromatic rings. The van der Waals surface area contributed by atoms with E-state index in [4.69, 9.17) is 0 Å². The van der Waals surface area contributed by atoms with E-state index >= 15 is 4.39 Å². The van der Waals surface area contributed by atoms with Gasteiger partial charge < -0.3 is 10.1 Å². The van der Waals surface area contributed by atoms with E-state index in [9.17, 15) is 10.4 Å². The van der Waals surface area contributed by atoms with Crippen LogP contribution in [0.4, 0.5) is 4.39 Å². The minimum absolute atomic E-state index is 0.149. The summed E-state index contributed by atoms with van der Waals surface area (Å²) in [6, 6.07) is 14.5. The molecule has 0 fully saturated rings. The Morgan fingerprint density at radius 2 is 1.94 bits per heavy atom. The molecule has 3 aromatic heterocycles. The second-order valence-electron chi connectivity index (χ2n) is 8.89. The quantitative estimate of drug-likeness (QED) is 0.394. The number of aromatic nitrogens is 6. The van der Waals surface area contributed by atoms with Crippen LogP contribution in [0.25, 0.3) is 33.7 Å². The van der Waals surface area contributed by atoms with Gasteiger partial charge in [-0.15, -0.1) is 5.10 Å². The number of rotatable bonds is 5. The molecule has 174 valence electrons. The Morgan fingerprint density at radius 1 is 1.14 bits per heavy atom. The van der Waals surface area contributed by atoms with Gasteiger partial charge in [-0.2, -0.15) is 5.26 Å². The average molecular weight is 468 g/mol. The van der Waals surface area contributed by atoms with Crippen molar-refractivity contribution in [3.63, 3.8) is 0 Å². The molecule has 0 aliphatic carbocycles. The van der Waals surface area contributed by atoms with E-state index in [0.29, 0.717) is 33.7 Å². The summed E-state index contributed by atoms with van der Waals surface area (Å²) in [6.07, 6.45) is 3.29. The molecular formula is C26H22FN7O. The minimum Gasteiger partial charge on any atom is -0.386 e. The topological polar surface area (TPSA) is 116 Å². The van der Waals surface area contributed by atoms with E-state index < -0.39 is 11.4 Å². The smallest absolute Gasteiger partial charge is 0.178 e. The Bertz CT molecular complexity index is 1600. The fourth-order valence-corrected chi connectivity index (χ4v) is 4.15. The van der Waals surface area contributed by atoms with Crippen molar-refractivity contribution < 1.29 is 9.50 Å². The zero-order chi connectivity index (χ0) is 24.7. The second-order valence-corrected chi connectivity index (χ2v) is 8.89. The lowest BCUT2D eigenvalue weighted by atomic mass is 9.95. The Kier molecular flexibility index (Phi) is 5.38. The van der Waals surface area contributed by atoms with Gasteiger partial charge in [0.1, 0.15) is 11.5 Å². The number of aliphatic hydroxyl groups is 1. The van der Waals surface area contributed by atoms with Gasteiger partial charge in [0.2, 0.25) is 0 Å². The second kappa shape index (κ2) is 8.42. The van der Waals surface area contributed by atoms with Crippen molar-refractivity contribution in [1.29, 1.82) is 5.26 Å². The van der Waals surface area contributed by atoms with Crippen LogP contribution in [0.15, 0.2) is 55.0 Å². The maximum atomic E-state index is 15.0. The molecule has 0 atom stereocenters. The van der Waals surface area contributed by atoms with Gasteiger partial charge in [-0.25, -0.2) is 19.0 Å². The van der Waals surface area contributed by atoms with Crippen LogP contribution in [0.2, 0.25) is 0 Å². The van der Waals surface area contributed by atoms with Crippen LogP contribution < -0.4 is 0 Å². The lowest BCUT2D eigenvalue weighted by Gasteiger charge is -2.19. The monoisotopic (exact) mass is 467 g/mol. The van der Waals surface area contributed by atoms with Crippen molar-refractivity contribution in [2.75, 3.05) is 0 Å². The van der Waals surface area contributed by atoms with Crippen LogP contribution in [0, 0.1) is 24.1 Å². The van der Waals surface area contributed by atoms with Crippen LogP contribution in [-0.2, 0) is 12.1 Å². The first-order valence-electron chi connectivity index (χ1n) is 11.0. The maximum absolute atomic E-state index is 15.0. The van der Waals surface area contributed by atoms with Gasteiger partial charge in [-0.1, -0.05) is 35.5 Å². The highest BCUT2D eigenvalue weighted by atomic mass is 19.1. The number of pyridine rings is 1. The highest BCUT2D eigenvalue weighted by molar-refractivity contribution is 5.91. The molecule has 2 aromatic carbocycles. The molecule has 5 rings (SSSR count). The molecule has 0 bridgehead atoms. The molecule has 3 heterocycles. The number of nitriles is 1. The number of imidazole rings is 1. The van der Waals surface area contributed by atoms with Crippen molar-refractivity contribution in [3.05, 3.63) is 83.1 Å². The fraction of sp³-hybridized carbons (Fsp3) is 0.192. The predicted octanol–water partition coefficient (Wildman–Crippen LogP) is 4.48. The van der Waals surface area contributed by atoms with E-state index in [0.717, 1.165) is 16.7 Å². The van der Waals surface area contributed by atoms with Gasteiger partial charge in [-0.3, -0.25) is 0 Å². The van der Waals surface area contributed by atoms with E-state index in [1.807, 2.05) is 25.1 Å². The van der Waals surface area contributed by atoms with Gasteiger partial charge in [0, 0.05) is 22.3 Å². The molecule has 0 aliphatic heterocycles. The molecule has 0 spiro atoms. The molecule has 0 aliphatic rings. The third kappa shape index (κ3) is 4.05. The van der Waals surface area contributed by atoms with Gasteiger partial charge >= 0.3 is 0 Å². The zero-order valence-electron chi connectivity index (χ0n) is 19.4. The standard InChI is InChI=1S/C26H22FN7O/c1-15-16(11-28)6-4-8-18(15)21-10-19(24-25(31-21)30-14-29-24)22-13-34(33-32-22)12-17-7-5-9-20(23(17)27)26(2,3)35/h4-10,13-14,35H,12H2,1-3H3,(H,29,30,31). The number of hydrogen-bond donors (Lipinski definition) is 2. The maximum Gasteiger partial charge on any atom is 0.178 e. The Balaban J connectivity index is 1.56. The van der Waals surface area contributed by atoms with Crippen LogP contribution in [0.5, 0.6) is 0 Å². The third-order valence-corrected chi connectivity index (χ3v) is 6.01. The Hall–Kier alpha value is -4.42. The Morgan fingerprint density at radius 3 is 2.71 bits per heavy atom. The lowest BCUT2D eigenvalue weighted by Crippen LogP contribution is -2.19. The Labute approximate surface area is 200 Å². The van der Waals surface area contributed by atoms with Crippen LogP contribution in [0.1, 0.15) is 36.1 Å². The molecule has 0 saturated heterocycles. The number of halogens is 1. The number of nitrogens with zero attached hydrogens (tertiary/aromatic N) is 6. The normalized spacial score (nSPS) is 11.7. The summed E-state index contributed by atoms with van der Waals surface area (Å²) in [4.78, 5) is 12.1. The summed E-state index contributed by atoms with van der Waals surface area (Å²) >= 11 is 0. The van der Waals surface area contributed by atoms with Gasteiger partial charge in [0.05, 0.1) is 47.5 Å². The molecule has 0 saturated carbocycles. The molecular weight excluding hydrogens is 445 g/mol. The molecule has 0 amide bonds. The van der Waals surface area contributed by atoms with E-state index in [-0.39, 0.29) is 12.1 Å². The summed E-state index contributed by atoms with van der Waals surface area (Å²) in [7, 11) is 0. The van der Waals surface area contributed by atoms with E-state index in [1.54, 1.807) is 55.3 Å². The molecule has 0 unspecified atom stereocenters. The van der Waals surface area contributed by atoms with Crippen molar-refractivity contribution in [3.8, 4) is 28.6 Å². The largest absolute Gasteiger partial charge is 0.386 e. The van der Waals surface area contributed by atoms with Crippen molar-refractivity contribution in [2.24, 2.45) is 0 Å². The number of fused-ring (bicyclic) bond motifs is 1. The molecule has 9 heteroatoms. The van der Waals surface area contributed by atoms with Gasteiger partial charge in [0.25, 0.3) is 0 Å². The summed E-state index contributed by atoms with van der Waals surface area (Å²) in [6.45, 7) is 5.13. The minimum atomic E-state index is -1.30. The fourth-order valence-electron chi connectivity index (χ4n) is 4.15. The zero-order valence-corrected chi connectivity index (χ0v) is 19.4. The highest BCUT2D eigenvalue weighted by Crippen LogP contribution is 2.32. The number of aromatic amines is 1. The summed E-state index contributed by atoms with van der Waals surface area (Å²) in [5.41, 5.74) is 4.73. The first-order chi connectivity index (χ1) is 16.8. The average Bonchev–Trinajstić information content (AvgIpc) is 3.49. The summed E-state index contributed by atoms with van der Waals surface area (Å²) < 4.78 is 16.6. The van der Waals surface area contributed by atoms with Crippen molar-refractivity contribution >= 4 is 11.2 Å².